The van der Waals surface area contributed by atoms with Crippen LogP contribution in [0.5, 0.6) is 0 Å². The van der Waals surface area contributed by atoms with Crippen molar-refractivity contribution in [2.45, 2.75) is 58.0 Å². The van der Waals surface area contributed by atoms with Crippen molar-refractivity contribution in [3.8, 4) is 0 Å². The first kappa shape index (κ1) is 22.9. The Kier molecular flexibility index (Phi) is 8.59. The molecule has 0 atom stereocenters. The fourth-order valence-electron chi connectivity index (χ4n) is 3.97. The van der Waals surface area contributed by atoms with E-state index >= 15 is 0 Å². The van der Waals surface area contributed by atoms with E-state index in [0.29, 0.717) is 17.8 Å². The first-order valence-electron chi connectivity index (χ1n) is 11.3. The molecule has 0 radical (unpaired) electrons. The lowest BCUT2D eigenvalue weighted by molar-refractivity contribution is 0.0595. The molecule has 0 spiro atoms. The smallest absolute Gasteiger partial charge is 0.337 e. The van der Waals surface area contributed by atoms with Gasteiger partial charge in [-0.3, -0.25) is 9.78 Å². The summed E-state index contributed by atoms with van der Waals surface area (Å²) in [5.74, 6) is -0.398. The van der Waals surface area contributed by atoms with Crippen molar-refractivity contribution >= 4 is 11.9 Å². The van der Waals surface area contributed by atoms with Crippen LogP contribution in [-0.2, 0) is 17.7 Å². The molecular weight excluding hydrogens is 390 g/mol. The zero-order valence-electron chi connectivity index (χ0n) is 18.6. The molecule has 1 aromatic carbocycles. The highest BCUT2D eigenvalue weighted by Crippen LogP contribution is 2.19. The first-order chi connectivity index (χ1) is 15.1. The molecule has 3 rings (SSSR count). The third-order valence-corrected chi connectivity index (χ3v) is 5.85. The van der Waals surface area contributed by atoms with Gasteiger partial charge in [0.05, 0.1) is 12.7 Å². The number of nitrogens with zero attached hydrogens (tertiary/aromatic N) is 2. The predicted octanol–water partition coefficient (Wildman–Crippen LogP) is 4.00. The van der Waals surface area contributed by atoms with E-state index in [4.69, 9.17) is 4.74 Å². The fraction of sp³-hybridized carbons (Fsp3) is 0.480. The second-order valence-corrected chi connectivity index (χ2v) is 8.11. The van der Waals surface area contributed by atoms with Gasteiger partial charge < -0.3 is 15.0 Å². The molecule has 31 heavy (non-hydrogen) atoms. The summed E-state index contributed by atoms with van der Waals surface area (Å²) in [4.78, 5) is 31.5. The lowest BCUT2D eigenvalue weighted by Crippen LogP contribution is -2.46. The van der Waals surface area contributed by atoms with E-state index in [2.05, 4.69) is 17.2 Å². The fourth-order valence-corrected chi connectivity index (χ4v) is 3.97. The summed E-state index contributed by atoms with van der Waals surface area (Å²) in [5, 5.41) is 3.37. The van der Waals surface area contributed by atoms with E-state index in [1.165, 1.54) is 25.5 Å². The summed E-state index contributed by atoms with van der Waals surface area (Å²) < 4.78 is 4.77. The topological polar surface area (TPSA) is 71.5 Å². The van der Waals surface area contributed by atoms with Gasteiger partial charge in [-0.25, -0.2) is 4.79 Å². The van der Waals surface area contributed by atoms with Crippen LogP contribution < -0.4 is 5.32 Å². The lowest BCUT2D eigenvalue weighted by Gasteiger charge is -2.34. The van der Waals surface area contributed by atoms with Crippen molar-refractivity contribution in [2.75, 3.05) is 20.2 Å². The molecule has 1 aromatic heterocycles. The largest absolute Gasteiger partial charge is 0.465 e. The Morgan fingerprint density at radius 2 is 1.77 bits per heavy atom. The van der Waals surface area contributed by atoms with Gasteiger partial charge in [0.25, 0.3) is 5.91 Å². The monoisotopic (exact) mass is 423 g/mol. The Morgan fingerprint density at radius 3 is 2.39 bits per heavy atom. The number of aromatic nitrogens is 1. The number of rotatable bonds is 9. The zero-order valence-corrected chi connectivity index (χ0v) is 18.6. The summed E-state index contributed by atoms with van der Waals surface area (Å²) in [6.45, 7) is 4.49. The van der Waals surface area contributed by atoms with E-state index in [9.17, 15) is 9.59 Å². The number of ether oxygens (including phenoxy) is 1. The molecule has 1 fully saturated rings. The van der Waals surface area contributed by atoms with Crippen LogP contribution in [0.3, 0.4) is 0 Å². The van der Waals surface area contributed by atoms with Crippen molar-refractivity contribution in [1.82, 2.24) is 15.2 Å². The Hall–Kier alpha value is -2.73. The standard InChI is InChI=1S/C25H33N3O3/c1-3-4-5-6-19-9-12-23(27-17-19)24(29)28(22-13-15-26-16-14-22)18-20-7-10-21(11-8-20)25(30)31-2/h7-12,17,22,26H,3-6,13-16,18H2,1-2H3. The van der Waals surface area contributed by atoms with Gasteiger partial charge in [0.1, 0.15) is 5.69 Å². The lowest BCUT2D eigenvalue weighted by atomic mass is 10.0. The molecule has 0 bridgehead atoms. The molecule has 0 unspecified atom stereocenters. The number of methoxy groups -OCH3 is 1. The highest BCUT2D eigenvalue weighted by atomic mass is 16.5. The van der Waals surface area contributed by atoms with Gasteiger partial charge in [0, 0.05) is 18.8 Å². The van der Waals surface area contributed by atoms with Crippen LogP contribution in [0.1, 0.15) is 71.0 Å². The van der Waals surface area contributed by atoms with Gasteiger partial charge in [-0.1, -0.05) is 38.0 Å². The number of aryl methyl sites for hydroxylation is 1. The number of unbranched alkanes of at least 4 members (excludes halogenated alkanes) is 2. The molecule has 166 valence electrons. The number of esters is 1. The Morgan fingerprint density at radius 1 is 1.06 bits per heavy atom. The Labute approximate surface area is 185 Å². The molecular formula is C25H33N3O3. The maximum atomic E-state index is 13.4. The van der Waals surface area contributed by atoms with Gasteiger partial charge in [-0.05, 0) is 68.1 Å². The summed E-state index contributed by atoms with van der Waals surface area (Å²) in [5.41, 5.74) is 3.16. The molecule has 1 amide bonds. The van der Waals surface area contributed by atoms with Gasteiger partial charge in [-0.15, -0.1) is 0 Å². The van der Waals surface area contributed by atoms with E-state index in [1.807, 2.05) is 35.4 Å². The van der Waals surface area contributed by atoms with Crippen molar-refractivity contribution in [2.24, 2.45) is 0 Å². The van der Waals surface area contributed by atoms with Crippen LogP contribution in [-0.4, -0.2) is 48.0 Å². The second-order valence-electron chi connectivity index (χ2n) is 8.11. The van der Waals surface area contributed by atoms with E-state index in [-0.39, 0.29) is 17.9 Å². The van der Waals surface area contributed by atoms with Gasteiger partial charge in [0.2, 0.25) is 0 Å². The SMILES string of the molecule is CCCCCc1ccc(C(=O)N(Cc2ccc(C(=O)OC)cc2)C2CCNCC2)nc1. The Balaban J connectivity index is 1.75. The number of benzene rings is 1. The molecule has 2 heterocycles. The third-order valence-electron chi connectivity index (χ3n) is 5.85. The van der Waals surface area contributed by atoms with Crippen molar-refractivity contribution in [3.05, 3.63) is 65.0 Å². The average Bonchev–Trinajstić information content (AvgIpc) is 2.83. The highest BCUT2D eigenvalue weighted by molar-refractivity contribution is 5.92. The summed E-state index contributed by atoms with van der Waals surface area (Å²) in [6, 6.07) is 11.3. The number of hydrogen-bond donors (Lipinski definition) is 1. The van der Waals surface area contributed by atoms with Crippen LogP contribution in [0, 0.1) is 0 Å². The number of nitrogens with one attached hydrogen (secondary N) is 1. The van der Waals surface area contributed by atoms with E-state index in [0.717, 1.165) is 44.3 Å². The van der Waals surface area contributed by atoms with Crippen molar-refractivity contribution in [3.63, 3.8) is 0 Å². The number of carbonyl (C=O) groups excluding carboxylic acids is 2. The number of amides is 1. The molecule has 0 saturated carbocycles. The first-order valence-corrected chi connectivity index (χ1v) is 11.3. The maximum Gasteiger partial charge on any atom is 0.337 e. The normalized spacial score (nSPS) is 14.3. The molecule has 2 aromatic rings. The summed E-state index contributed by atoms with van der Waals surface area (Å²) in [7, 11) is 1.37. The molecule has 0 aliphatic carbocycles. The molecule has 1 N–H and O–H groups in total. The number of pyridine rings is 1. The van der Waals surface area contributed by atoms with E-state index < -0.39 is 0 Å². The van der Waals surface area contributed by atoms with Gasteiger partial charge in [-0.2, -0.15) is 0 Å². The molecule has 6 heteroatoms. The Bertz CT molecular complexity index is 843. The minimum absolute atomic E-state index is 0.0379. The van der Waals surface area contributed by atoms with Crippen molar-refractivity contribution in [1.29, 1.82) is 0 Å². The highest BCUT2D eigenvalue weighted by Gasteiger charge is 2.27. The van der Waals surface area contributed by atoms with Crippen LogP contribution in [0.25, 0.3) is 0 Å². The van der Waals surface area contributed by atoms with Crippen molar-refractivity contribution < 1.29 is 14.3 Å². The predicted molar refractivity (Wildman–Crippen MR) is 121 cm³/mol. The van der Waals surface area contributed by atoms with E-state index in [1.54, 1.807) is 12.1 Å². The molecule has 1 saturated heterocycles. The average molecular weight is 424 g/mol. The number of hydrogen-bond acceptors (Lipinski definition) is 5. The maximum absolute atomic E-state index is 13.4. The van der Waals surface area contributed by atoms with Crippen LogP contribution in [0.4, 0.5) is 0 Å². The van der Waals surface area contributed by atoms with Crippen LogP contribution in [0.15, 0.2) is 42.6 Å². The minimum atomic E-state index is -0.360. The third kappa shape index (κ3) is 6.37. The van der Waals surface area contributed by atoms with Gasteiger partial charge in [0.15, 0.2) is 0 Å². The minimum Gasteiger partial charge on any atom is -0.465 e. The quantitative estimate of drug-likeness (QED) is 0.488. The molecule has 6 nitrogen and oxygen atoms in total. The van der Waals surface area contributed by atoms with Crippen LogP contribution in [0.2, 0.25) is 0 Å². The molecule has 1 aliphatic heterocycles. The molecule has 1 aliphatic rings. The zero-order chi connectivity index (χ0) is 22.1. The second kappa shape index (κ2) is 11.6. The van der Waals surface area contributed by atoms with Gasteiger partial charge >= 0.3 is 5.97 Å². The summed E-state index contributed by atoms with van der Waals surface area (Å²) in [6.07, 6.45) is 8.22. The summed E-state index contributed by atoms with van der Waals surface area (Å²) >= 11 is 0. The number of carbonyl (C=O) groups is 2. The van der Waals surface area contributed by atoms with Crippen LogP contribution >= 0.6 is 0 Å². The number of piperidine rings is 1.